The number of unbranched alkanes of at least 4 members (excludes halogenated alkanes) is 2. The Morgan fingerprint density at radius 2 is 1.97 bits per heavy atom. The lowest BCUT2D eigenvalue weighted by molar-refractivity contribution is -0.143. The quantitative estimate of drug-likeness (QED) is 0.355. The van der Waals surface area contributed by atoms with E-state index in [1.54, 1.807) is 6.20 Å². The standard InChI is InChI=1S/C28H40N4O6/c1-3-4-12-31(13-6-5-11-29)26(33)17-32-16-21(20-7-9-23-24(14-20)37-18-36-23)27(28(34)35)22(32)8-10-25-30-15-19(2)38-25/h7,9,14-15,21-22,27H,3-6,8,10-13,16-18,29H2,1-2H3,(H,34,35)/t21-,22+,27?/m1/s1. The van der Waals surface area contributed by atoms with Gasteiger partial charge in [-0.1, -0.05) is 19.4 Å². The number of aliphatic carboxylic acids is 1. The highest BCUT2D eigenvalue weighted by atomic mass is 16.7. The first-order chi connectivity index (χ1) is 18.4. The first-order valence-electron chi connectivity index (χ1n) is 13.7. The highest BCUT2D eigenvalue weighted by Gasteiger charge is 2.47. The maximum atomic E-state index is 13.5. The van der Waals surface area contributed by atoms with E-state index in [1.807, 2.05) is 34.9 Å². The summed E-state index contributed by atoms with van der Waals surface area (Å²) in [5, 5.41) is 10.4. The zero-order chi connectivity index (χ0) is 27.1. The smallest absolute Gasteiger partial charge is 0.308 e. The van der Waals surface area contributed by atoms with Gasteiger partial charge in [-0.2, -0.15) is 0 Å². The number of oxazole rings is 1. The molecule has 1 fully saturated rings. The van der Waals surface area contributed by atoms with E-state index in [4.69, 9.17) is 19.6 Å². The third-order valence-electron chi connectivity index (χ3n) is 7.54. The number of aryl methyl sites for hydroxylation is 2. The van der Waals surface area contributed by atoms with Crippen molar-refractivity contribution in [3.63, 3.8) is 0 Å². The highest BCUT2D eigenvalue weighted by Crippen LogP contribution is 2.43. The Morgan fingerprint density at radius 3 is 2.68 bits per heavy atom. The van der Waals surface area contributed by atoms with Crippen molar-refractivity contribution >= 4 is 11.9 Å². The van der Waals surface area contributed by atoms with Crippen molar-refractivity contribution in [1.82, 2.24) is 14.8 Å². The normalized spacial score (nSPS) is 20.7. The molecule has 3 N–H and O–H groups in total. The van der Waals surface area contributed by atoms with E-state index in [0.717, 1.165) is 37.0 Å². The van der Waals surface area contributed by atoms with Crippen LogP contribution in [0.1, 0.15) is 62.2 Å². The summed E-state index contributed by atoms with van der Waals surface area (Å²) in [5.74, 6) is 0.744. The van der Waals surface area contributed by atoms with Gasteiger partial charge in [0.25, 0.3) is 0 Å². The topological polar surface area (TPSA) is 131 Å². The van der Waals surface area contributed by atoms with Crippen LogP contribution in [-0.2, 0) is 16.0 Å². The van der Waals surface area contributed by atoms with E-state index in [1.165, 1.54) is 0 Å². The molecule has 1 saturated heterocycles. The number of ether oxygens (including phenoxy) is 2. The Kier molecular flexibility index (Phi) is 9.63. The van der Waals surface area contributed by atoms with Crippen LogP contribution < -0.4 is 15.2 Å². The first kappa shape index (κ1) is 27.9. The van der Waals surface area contributed by atoms with Gasteiger partial charge in [-0.05, 0) is 56.8 Å². The van der Waals surface area contributed by atoms with E-state index in [2.05, 4.69) is 11.9 Å². The second-order valence-electron chi connectivity index (χ2n) is 10.2. The number of nitrogens with two attached hydrogens (primary N) is 1. The van der Waals surface area contributed by atoms with Crippen molar-refractivity contribution in [2.75, 3.05) is 39.5 Å². The molecular formula is C28H40N4O6. The second-order valence-corrected chi connectivity index (χ2v) is 10.2. The fourth-order valence-corrected chi connectivity index (χ4v) is 5.55. The van der Waals surface area contributed by atoms with Gasteiger partial charge in [-0.15, -0.1) is 0 Å². The number of hydrogen-bond acceptors (Lipinski definition) is 8. The van der Waals surface area contributed by atoms with Crippen molar-refractivity contribution < 1.29 is 28.6 Å². The summed E-state index contributed by atoms with van der Waals surface area (Å²) >= 11 is 0. The molecule has 0 saturated carbocycles. The number of amides is 1. The number of hydrogen-bond donors (Lipinski definition) is 2. The molecule has 10 nitrogen and oxygen atoms in total. The summed E-state index contributed by atoms with van der Waals surface area (Å²) in [5.41, 5.74) is 6.55. The average Bonchev–Trinajstić information content (AvgIpc) is 3.62. The molecule has 2 aromatic rings. The molecular weight excluding hydrogens is 488 g/mol. The summed E-state index contributed by atoms with van der Waals surface area (Å²) in [4.78, 5) is 34.5. The van der Waals surface area contributed by atoms with Crippen LogP contribution in [0.15, 0.2) is 28.8 Å². The summed E-state index contributed by atoms with van der Waals surface area (Å²) in [7, 11) is 0. The van der Waals surface area contributed by atoms with Gasteiger partial charge in [-0.25, -0.2) is 4.98 Å². The molecule has 2 aliphatic rings. The second kappa shape index (κ2) is 13.1. The van der Waals surface area contributed by atoms with Crippen molar-refractivity contribution in [3.8, 4) is 11.5 Å². The van der Waals surface area contributed by atoms with Gasteiger partial charge in [0.1, 0.15) is 5.76 Å². The minimum Gasteiger partial charge on any atom is -0.481 e. The molecule has 10 heteroatoms. The first-order valence-corrected chi connectivity index (χ1v) is 13.7. The van der Waals surface area contributed by atoms with Crippen molar-refractivity contribution in [2.45, 2.75) is 64.3 Å². The van der Waals surface area contributed by atoms with Gasteiger partial charge in [0.05, 0.1) is 18.7 Å². The van der Waals surface area contributed by atoms with E-state index in [9.17, 15) is 14.7 Å². The van der Waals surface area contributed by atoms with Gasteiger partial charge in [0, 0.05) is 38.0 Å². The number of carbonyl (C=O) groups excluding carboxylic acids is 1. The lowest BCUT2D eigenvalue weighted by Gasteiger charge is -2.29. The third kappa shape index (κ3) is 6.66. The highest BCUT2D eigenvalue weighted by molar-refractivity contribution is 5.79. The average molecular weight is 529 g/mol. The molecule has 38 heavy (non-hydrogen) atoms. The molecule has 0 spiro atoms. The van der Waals surface area contributed by atoms with Crippen LogP contribution in [0.25, 0.3) is 0 Å². The SMILES string of the molecule is CCCCN(CCCCN)C(=O)CN1C[C@H](c2ccc3c(c2)OCO3)C(C(=O)O)[C@@H]1CCc1ncc(C)o1. The largest absolute Gasteiger partial charge is 0.481 e. The van der Waals surface area contributed by atoms with Crippen molar-refractivity contribution in [3.05, 3.63) is 41.6 Å². The summed E-state index contributed by atoms with van der Waals surface area (Å²) in [6, 6.07) is 5.27. The molecule has 2 aliphatic heterocycles. The fraction of sp³-hybridized carbons (Fsp3) is 0.607. The summed E-state index contributed by atoms with van der Waals surface area (Å²) < 4.78 is 16.7. The molecule has 1 aromatic heterocycles. The minimum atomic E-state index is -0.873. The van der Waals surface area contributed by atoms with E-state index in [-0.39, 0.29) is 31.2 Å². The summed E-state index contributed by atoms with van der Waals surface area (Å²) in [6.45, 7) is 6.69. The predicted molar refractivity (Wildman–Crippen MR) is 141 cm³/mol. The molecule has 1 unspecified atom stereocenters. The molecule has 3 atom stereocenters. The van der Waals surface area contributed by atoms with Gasteiger partial charge in [0.2, 0.25) is 12.7 Å². The number of rotatable bonds is 14. The van der Waals surface area contributed by atoms with Gasteiger partial charge < -0.3 is 29.6 Å². The molecule has 0 bridgehead atoms. The number of fused-ring (bicyclic) bond motifs is 1. The monoisotopic (exact) mass is 528 g/mol. The van der Waals surface area contributed by atoms with E-state index < -0.39 is 11.9 Å². The predicted octanol–water partition coefficient (Wildman–Crippen LogP) is 3.18. The molecule has 1 amide bonds. The summed E-state index contributed by atoms with van der Waals surface area (Å²) in [6.07, 6.45) is 6.34. The zero-order valence-corrected chi connectivity index (χ0v) is 22.4. The molecule has 4 rings (SSSR count). The van der Waals surface area contributed by atoms with Crippen LogP contribution in [0.5, 0.6) is 11.5 Å². The minimum absolute atomic E-state index is 0.0305. The Morgan fingerprint density at radius 1 is 1.18 bits per heavy atom. The molecule has 1 aromatic carbocycles. The number of nitrogens with zero attached hydrogens (tertiary/aromatic N) is 3. The van der Waals surface area contributed by atoms with E-state index in [0.29, 0.717) is 56.4 Å². The number of carboxylic acids is 1. The van der Waals surface area contributed by atoms with Crippen LogP contribution in [0.3, 0.4) is 0 Å². The van der Waals surface area contributed by atoms with Gasteiger partial charge in [0.15, 0.2) is 17.4 Å². The van der Waals surface area contributed by atoms with E-state index >= 15 is 0 Å². The molecule has 0 aliphatic carbocycles. The lowest BCUT2D eigenvalue weighted by Crippen LogP contribution is -2.45. The van der Waals surface area contributed by atoms with Gasteiger partial charge >= 0.3 is 5.97 Å². The fourth-order valence-electron chi connectivity index (χ4n) is 5.55. The Balaban J connectivity index is 1.57. The van der Waals surface area contributed by atoms with Crippen LogP contribution in [0.4, 0.5) is 0 Å². The molecule has 208 valence electrons. The number of carboxylic acid groups (broad SMARTS) is 1. The van der Waals surface area contributed by atoms with Crippen LogP contribution in [-0.4, -0.2) is 77.3 Å². The van der Waals surface area contributed by atoms with Crippen LogP contribution in [0, 0.1) is 12.8 Å². The van der Waals surface area contributed by atoms with Gasteiger partial charge in [-0.3, -0.25) is 14.5 Å². The maximum Gasteiger partial charge on any atom is 0.308 e. The van der Waals surface area contributed by atoms with Crippen molar-refractivity contribution in [1.29, 1.82) is 0 Å². The number of aromatic nitrogens is 1. The molecule has 3 heterocycles. The number of likely N-dealkylation sites (tertiary alicyclic amines) is 1. The Labute approximate surface area is 224 Å². The maximum absolute atomic E-state index is 13.5. The number of carbonyl (C=O) groups is 2. The number of benzene rings is 1. The zero-order valence-electron chi connectivity index (χ0n) is 22.4. The third-order valence-corrected chi connectivity index (χ3v) is 7.54. The van der Waals surface area contributed by atoms with Crippen LogP contribution in [0.2, 0.25) is 0 Å². The van der Waals surface area contributed by atoms with Crippen LogP contribution >= 0.6 is 0 Å². The van der Waals surface area contributed by atoms with Crippen molar-refractivity contribution in [2.24, 2.45) is 11.7 Å². The Hall–Kier alpha value is -3.11. The Bertz CT molecular complexity index is 1090. The lowest BCUT2D eigenvalue weighted by atomic mass is 9.83. The molecule has 0 radical (unpaired) electrons.